The van der Waals surface area contributed by atoms with Crippen LogP contribution in [0.2, 0.25) is 0 Å². The van der Waals surface area contributed by atoms with Crippen LogP contribution in [-0.4, -0.2) is 39.5 Å². The molecule has 0 bridgehead atoms. The summed E-state index contributed by atoms with van der Waals surface area (Å²) >= 11 is 1.25. The van der Waals surface area contributed by atoms with Gasteiger partial charge in [-0.15, -0.1) is 0 Å². The van der Waals surface area contributed by atoms with Gasteiger partial charge in [0.1, 0.15) is 11.9 Å². The van der Waals surface area contributed by atoms with Crippen molar-refractivity contribution in [3.8, 4) is 0 Å². The fraction of sp³-hybridized carbons (Fsp3) is 0.304. The largest absolute Gasteiger partial charge is 0.325 e. The molecule has 0 radical (unpaired) electrons. The minimum Gasteiger partial charge on any atom is -0.325 e. The van der Waals surface area contributed by atoms with Crippen molar-refractivity contribution in [3.63, 3.8) is 0 Å². The summed E-state index contributed by atoms with van der Waals surface area (Å²) in [6.07, 6.45) is 0. The second-order valence-electron chi connectivity index (χ2n) is 7.86. The van der Waals surface area contributed by atoms with E-state index in [9.17, 15) is 9.59 Å². The summed E-state index contributed by atoms with van der Waals surface area (Å²) in [6.45, 7) is 8.02. The van der Waals surface area contributed by atoms with Crippen molar-refractivity contribution in [2.24, 2.45) is 15.9 Å². The van der Waals surface area contributed by atoms with Crippen LogP contribution in [-0.2, 0) is 9.59 Å². The van der Waals surface area contributed by atoms with Gasteiger partial charge in [-0.1, -0.05) is 43.8 Å². The lowest BCUT2D eigenvalue weighted by atomic mass is 10.1. The molecule has 1 atom stereocenters. The summed E-state index contributed by atoms with van der Waals surface area (Å²) in [4.78, 5) is 36.5. The van der Waals surface area contributed by atoms with Gasteiger partial charge < -0.3 is 5.32 Å². The van der Waals surface area contributed by atoms with Crippen molar-refractivity contribution in [1.29, 1.82) is 0 Å². The quantitative estimate of drug-likeness (QED) is 0.802. The normalized spacial score (nSPS) is 17.4. The zero-order valence-corrected chi connectivity index (χ0v) is 18.3. The zero-order valence-electron chi connectivity index (χ0n) is 17.5. The van der Waals surface area contributed by atoms with Crippen LogP contribution in [0.15, 0.2) is 52.4 Å². The predicted molar refractivity (Wildman–Crippen MR) is 123 cm³/mol. The number of nitrogens with zero attached hydrogens (tertiary/aromatic N) is 3. The topological polar surface area (TPSA) is 74.1 Å². The van der Waals surface area contributed by atoms with Crippen molar-refractivity contribution in [2.45, 2.75) is 33.7 Å². The number of aryl methyl sites for hydroxylation is 2. The highest BCUT2D eigenvalue weighted by molar-refractivity contribution is 8.14. The van der Waals surface area contributed by atoms with Gasteiger partial charge in [-0.05, 0) is 55.2 Å². The molecule has 154 valence electrons. The monoisotopic (exact) mass is 420 g/mol. The van der Waals surface area contributed by atoms with Gasteiger partial charge in [-0.3, -0.25) is 14.6 Å². The summed E-state index contributed by atoms with van der Waals surface area (Å²) < 4.78 is 0. The van der Waals surface area contributed by atoms with E-state index in [2.05, 4.69) is 10.3 Å². The molecule has 1 N–H and O–H groups in total. The summed E-state index contributed by atoms with van der Waals surface area (Å²) in [5.41, 5.74) is 4.67. The Morgan fingerprint density at radius 1 is 1.17 bits per heavy atom. The van der Waals surface area contributed by atoms with Crippen LogP contribution in [0, 0.1) is 19.8 Å². The molecule has 2 aliphatic heterocycles. The van der Waals surface area contributed by atoms with Crippen LogP contribution in [0.1, 0.15) is 30.5 Å². The predicted octanol–water partition coefficient (Wildman–Crippen LogP) is 4.29. The third kappa shape index (κ3) is 3.77. The van der Waals surface area contributed by atoms with E-state index in [-0.39, 0.29) is 23.5 Å². The number of amidine groups is 2. The highest BCUT2D eigenvalue weighted by Crippen LogP contribution is 2.34. The molecule has 0 saturated carbocycles. The molecule has 0 saturated heterocycles. The number of rotatable bonds is 4. The first-order chi connectivity index (χ1) is 14.3. The Labute approximate surface area is 180 Å². The number of carbonyl (C=O) groups excluding carboxylic acids is 2. The molecule has 0 spiro atoms. The van der Waals surface area contributed by atoms with Crippen molar-refractivity contribution < 1.29 is 9.59 Å². The molecule has 2 aromatic carbocycles. The van der Waals surface area contributed by atoms with Crippen molar-refractivity contribution in [2.75, 3.05) is 11.1 Å². The van der Waals surface area contributed by atoms with Crippen LogP contribution >= 0.6 is 11.8 Å². The summed E-state index contributed by atoms with van der Waals surface area (Å²) in [7, 11) is 0. The van der Waals surface area contributed by atoms with E-state index in [1.165, 1.54) is 17.3 Å². The van der Waals surface area contributed by atoms with Gasteiger partial charge in [-0.25, -0.2) is 9.89 Å². The maximum absolute atomic E-state index is 13.0. The average Bonchev–Trinajstić information content (AvgIpc) is 3.07. The minimum atomic E-state index is -0.429. The Kier molecular flexibility index (Phi) is 5.47. The molecule has 1 unspecified atom stereocenters. The molecule has 0 aromatic heterocycles. The van der Waals surface area contributed by atoms with Gasteiger partial charge in [0.25, 0.3) is 5.91 Å². The van der Waals surface area contributed by atoms with Crippen LogP contribution < -0.4 is 5.32 Å². The number of para-hydroxylation sites is 1. The molecule has 7 heteroatoms. The maximum atomic E-state index is 13.0. The van der Waals surface area contributed by atoms with Crippen LogP contribution in [0.25, 0.3) is 0 Å². The second-order valence-corrected chi connectivity index (χ2v) is 8.81. The Balaban J connectivity index is 1.54. The second kappa shape index (κ2) is 8.07. The van der Waals surface area contributed by atoms with Crippen molar-refractivity contribution in [1.82, 2.24) is 4.90 Å². The number of amides is 2. The maximum Gasteiger partial charge on any atom is 0.259 e. The lowest BCUT2D eigenvalue weighted by Crippen LogP contribution is -2.42. The van der Waals surface area contributed by atoms with Crippen molar-refractivity contribution >= 4 is 46.0 Å². The summed E-state index contributed by atoms with van der Waals surface area (Å²) in [5.74, 6) is 0.631. The molecule has 6 nitrogen and oxygen atoms in total. The zero-order chi connectivity index (χ0) is 21.4. The number of fused-ring (bicyclic) bond motifs is 3. The van der Waals surface area contributed by atoms with Crippen LogP contribution in [0.4, 0.5) is 11.4 Å². The summed E-state index contributed by atoms with van der Waals surface area (Å²) in [6, 6.07) is 13.0. The van der Waals surface area contributed by atoms with Crippen LogP contribution in [0.5, 0.6) is 0 Å². The molecule has 0 aliphatic carbocycles. The Hall–Kier alpha value is -2.93. The fourth-order valence-corrected chi connectivity index (χ4v) is 4.25. The molecule has 2 aliphatic rings. The van der Waals surface area contributed by atoms with Gasteiger partial charge in [0.2, 0.25) is 5.91 Å². The highest BCUT2D eigenvalue weighted by Gasteiger charge is 2.42. The molecule has 4 rings (SSSR count). The first-order valence-electron chi connectivity index (χ1n) is 9.95. The molecule has 2 heterocycles. The molecule has 2 aromatic rings. The van der Waals surface area contributed by atoms with Gasteiger partial charge in [0, 0.05) is 11.3 Å². The smallest absolute Gasteiger partial charge is 0.259 e. The average molecular weight is 421 g/mol. The fourth-order valence-electron chi connectivity index (χ4n) is 3.45. The Morgan fingerprint density at radius 2 is 1.93 bits per heavy atom. The number of anilines is 1. The number of aliphatic imine (C=N–C) groups is 2. The number of benzene rings is 2. The van der Waals surface area contributed by atoms with Gasteiger partial charge in [-0.2, -0.15) is 0 Å². The molecule has 30 heavy (non-hydrogen) atoms. The summed E-state index contributed by atoms with van der Waals surface area (Å²) in [5, 5.41) is 3.41. The van der Waals surface area contributed by atoms with Crippen LogP contribution in [0.3, 0.4) is 0 Å². The van der Waals surface area contributed by atoms with E-state index in [1.807, 2.05) is 70.2 Å². The first-order valence-corrected chi connectivity index (χ1v) is 10.9. The minimum absolute atomic E-state index is 0.0853. The first kappa shape index (κ1) is 20.3. The lowest BCUT2D eigenvalue weighted by molar-refractivity contribution is -0.125. The van der Waals surface area contributed by atoms with E-state index >= 15 is 0 Å². The highest BCUT2D eigenvalue weighted by atomic mass is 32.2. The van der Waals surface area contributed by atoms with E-state index < -0.39 is 6.04 Å². The Bertz CT molecular complexity index is 1090. The standard InChI is InChI=1S/C23H24N4O2S/c1-13(2)20-22(29)27-21(26-20)17-7-5-6-8-18(17)25-23(27)30-12-19(28)24-16-10-9-14(3)15(4)11-16/h5-11,13,20H,12H2,1-4H3,(H,24,28). The van der Waals surface area contributed by atoms with Gasteiger partial charge in [0.05, 0.1) is 11.4 Å². The van der Waals surface area contributed by atoms with Crippen molar-refractivity contribution in [3.05, 3.63) is 59.2 Å². The third-order valence-corrected chi connectivity index (χ3v) is 6.19. The van der Waals surface area contributed by atoms with E-state index in [4.69, 9.17) is 4.99 Å². The van der Waals surface area contributed by atoms with E-state index in [0.29, 0.717) is 11.0 Å². The molecular weight excluding hydrogens is 396 g/mol. The van der Waals surface area contributed by atoms with E-state index in [1.54, 1.807) is 4.90 Å². The number of hydrogen-bond acceptors (Lipinski definition) is 5. The lowest BCUT2D eigenvalue weighted by Gasteiger charge is -2.25. The Morgan fingerprint density at radius 3 is 2.67 bits per heavy atom. The number of carbonyl (C=O) groups is 2. The third-order valence-electron chi connectivity index (χ3n) is 5.25. The number of nitrogens with one attached hydrogen (secondary N) is 1. The molecule has 0 fully saturated rings. The van der Waals surface area contributed by atoms with Gasteiger partial charge in [0.15, 0.2) is 5.17 Å². The molecule has 2 amide bonds. The van der Waals surface area contributed by atoms with E-state index in [0.717, 1.165) is 22.5 Å². The molecular formula is C23H24N4O2S. The SMILES string of the molecule is Cc1ccc(NC(=O)CSC2=Nc3ccccc3C3=NC(C(C)C)C(=O)N23)cc1C. The number of hydrogen-bond donors (Lipinski definition) is 1. The number of thioether (sulfide) groups is 1. The van der Waals surface area contributed by atoms with Gasteiger partial charge >= 0.3 is 0 Å².